The summed E-state index contributed by atoms with van der Waals surface area (Å²) in [6.07, 6.45) is 8.02. The summed E-state index contributed by atoms with van der Waals surface area (Å²) in [6.45, 7) is 9.16. The number of rotatable bonds is 7. The van der Waals surface area contributed by atoms with Crippen LogP contribution in [0.3, 0.4) is 0 Å². The molecule has 0 radical (unpaired) electrons. The van der Waals surface area contributed by atoms with E-state index in [0.717, 1.165) is 68.6 Å². The maximum absolute atomic E-state index is 12.9. The number of hydrogen-bond acceptors (Lipinski definition) is 9. The topological polar surface area (TPSA) is 109 Å². The van der Waals surface area contributed by atoms with Crippen molar-refractivity contribution < 1.29 is 14.3 Å². The van der Waals surface area contributed by atoms with E-state index < -0.39 is 5.60 Å². The molecule has 1 saturated heterocycles. The molecule has 40 heavy (non-hydrogen) atoms. The molecule has 11 heteroatoms. The second-order valence-corrected chi connectivity index (χ2v) is 11.9. The molecule has 0 unspecified atom stereocenters. The number of nitrogens with zero attached hydrogens (tertiary/aromatic N) is 7. The summed E-state index contributed by atoms with van der Waals surface area (Å²) in [6, 6.07) is 6.13. The van der Waals surface area contributed by atoms with Gasteiger partial charge in [-0.25, -0.2) is 9.97 Å². The molecule has 4 heterocycles. The van der Waals surface area contributed by atoms with E-state index in [0.29, 0.717) is 24.0 Å². The number of carbonyl (C=O) groups excluding carboxylic acids is 2. The Bertz CT molecular complexity index is 1350. The third kappa shape index (κ3) is 6.35. The Labute approximate surface area is 235 Å². The van der Waals surface area contributed by atoms with E-state index in [-0.39, 0.29) is 17.9 Å². The highest BCUT2D eigenvalue weighted by Crippen LogP contribution is 2.35. The monoisotopic (exact) mass is 548 g/mol. The fraction of sp³-hybridized carbons (Fsp3) is 0.552. The molecule has 0 bridgehead atoms. The predicted molar refractivity (Wildman–Crippen MR) is 155 cm³/mol. The van der Waals surface area contributed by atoms with Crippen molar-refractivity contribution in [1.29, 1.82) is 0 Å². The van der Waals surface area contributed by atoms with Gasteiger partial charge >= 0.3 is 5.97 Å². The van der Waals surface area contributed by atoms with Gasteiger partial charge in [-0.3, -0.25) is 14.5 Å². The van der Waals surface area contributed by atoms with Crippen LogP contribution in [0.15, 0.2) is 30.6 Å². The molecular formula is C29H40N8O3. The molecule has 2 aliphatic rings. The predicted octanol–water partition coefficient (Wildman–Crippen LogP) is 3.85. The number of pyridine rings is 1. The van der Waals surface area contributed by atoms with Crippen LogP contribution in [0.4, 0.5) is 17.5 Å². The third-order valence-electron chi connectivity index (χ3n) is 7.39. The summed E-state index contributed by atoms with van der Waals surface area (Å²) in [5, 5.41) is 4.09. The molecule has 1 aliphatic carbocycles. The molecule has 0 aromatic carbocycles. The van der Waals surface area contributed by atoms with Crippen molar-refractivity contribution in [1.82, 2.24) is 29.3 Å². The van der Waals surface area contributed by atoms with Gasteiger partial charge in [-0.2, -0.15) is 4.98 Å². The van der Waals surface area contributed by atoms with Crippen LogP contribution in [0, 0.1) is 0 Å². The Hall–Kier alpha value is -3.73. The van der Waals surface area contributed by atoms with Crippen LogP contribution in [-0.2, 0) is 9.53 Å². The Morgan fingerprint density at radius 1 is 1.05 bits per heavy atom. The van der Waals surface area contributed by atoms with Crippen molar-refractivity contribution in [3.8, 4) is 0 Å². The fourth-order valence-electron chi connectivity index (χ4n) is 5.48. The third-order valence-corrected chi connectivity index (χ3v) is 7.39. The summed E-state index contributed by atoms with van der Waals surface area (Å²) >= 11 is 0. The zero-order valence-electron chi connectivity index (χ0n) is 24.2. The number of anilines is 3. The van der Waals surface area contributed by atoms with Gasteiger partial charge in [-0.15, -0.1) is 0 Å². The van der Waals surface area contributed by atoms with Crippen molar-refractivity contribution in [2.24, 2.45) is 0 Å². The molecule has 1 N–H and O–H groups in total. The molecule has 5 rings (SSSR count). The average Bonchev–Trinajstić information content (AvgIpc) is 3.55. The number of fused-ring (bicyclic) bond motifs is 1. The van der Waals surface area contributed by atoms with E-state index in [1.165, 1.54) is 0 Å². The van der Waals surface area contributed by atoms with Gasteiger partial charge in [0.1, 0.15) is 22.8 Å². The van der Waals surface area contributed by atoms with E-state index in [2.05, 4.69) is 29.7 Å². The van der Waals surface area contributed by atoms with E-state index in [1.807, 2.05) is 45.2 Å². The highest BCUT2D eigenvalue weighted by atomic mass is 16.6. The normalized spacial score (nSPS) is 16.9. The van der Waals surface area contributed by atoms with Crippen molar-refractivity contribution >= 4 is 40.4 Å². The molecule has 214 valence electrons. The number of nitrogens with one attached hydrogen (secondary N) is 1. The van der Waals surface area contributed by atoms with Gasteiger partial charge in [0.15, 0.2) is 0 Å². The van der Waals surface area contributed by atoms with Gasteiger partial charge in [0.2, 0.25) is 5.95 Å². The van der Waals surface area contributed by atoms with Crippen molar-refractivity contribution in [2.45, 2.75) is 58.1 Å². The first-order valence-corrected chi connectivity index (χ1v) is 14.1. The molecule has 0 spiro atoms. The van der Waals surface area contributed by atoms with E-state index in [9.17, 15) is 9.59 Å². The van der Waals surface area contributed by atoms with Gasteiger partial charge < -0.3 is 24.4 Å². The SMILES string of the molecule is CN(C)C(=O)c1cc2cnc(Nc3ccc(N4CCN(CC(=O)OC(C)(C)C)CC4)cn3)nc2n1C1CCCC1. The first-order chi connectivity index (χ1) is 19.1. The van der Waals surface area contributed by atoms with Gasteiger partial charge in [0.25, 0.3) is 5.91 Å². The van der Waals surface area contributed by atoms with Crippen LogP contribution in [0.2, 0.25) is 0 Å². The minimum absolute atomic E-state index is 0.0256. The second kappa shape index (κ2) is 11.4. The largest absolute Gasteiger partial charge is 0.459 e. The molecule has 3 aromatic heterocycles. The quantitative estimate of drug-likeness (QED) is 0.440. The minimum atomic E-state index is -0.467. The first kappa shape index (κ1) is 27.8. The van der Waals surface area contributed by atoms with Crippen LogP contribution < -0.4 is 10.2 Å². The zero-order chi connectivity index (χ0) is 28.4. The Morgan fingerprint density at radius 2 is 1.77 bits per heavy atom. The second-order valence-electron chi connectivity index (χ2n) is 11.9. The van der Waals surface area contributed by atoms with Crippen LogP contribution in [0.5, 0.6) is 0 Å². The summed E-state index contributed by atoms with van der Waals surface area (Å²) in [4.78, 5) is 45.0. The number of piperazine rings is 1. The van der Waals surface area contributed by atoms with Crippen molar-refractivity contribution in [3.05, 3.63) is 36.3 Å². The van der Waals surface area contributed by atoms with Crippen LogP contribution in [-0.4, -0.2) is 93.6 Å². The van der Waals surface area contributed by atoms with Gasteiger partial charge in [0.05, 0.1) is 18.4 Å². The summed E-state index contributed by atoms with van der Waals surface area (Å²) in [7, 11) is 3.55. The lowest BCUT2D eigenvalue weighted by molar-refractivity contribution is -0.156. The highest BCUT2D eigenvalue weighted by molar-refractivity contribution is 5.97. The average molecular weight is 549 g/mol. The Kier molecular flexibility index (Phi) is 7.93. The van der Waals surface area contributed by atoms with Crippen molar-refractivity contribution in [3.63, 3.8) is 0 Å². The maximum atomic E-state index is 12.9. The lowest BCUT2D eigenvalue weighted by atomic mass is 10.2. The number of carbonyl (C=O) groups is 2. The fourth-order valence-corrected chi connectivity index (χ4v) is 5.48. The van der Waals surface area contributed by atoms with Crippen LogP contribution in [0.1, 0.15) is 63.0 Å². The number of esters is 1. The number of ether oxygens (including phenoxy) is 1. The summed E-state index contributed by atoms with van der Waals surface area (Å²) in [5.74, 6) is 0.886. The van der Waals surface area contributed by atoms with Gasteiger partial charge in [-0.05, 0) is 51.8 Å². The molecule has 1 aliphatic heterocycles. The Balaban J connectivity index is 1.25. The smallest absolute Gasteiger partial charge is 0.320 e. The maximum Gasteiger partial charge on any atom is 0.320 e. The van der Waals surface area contributed by atoms with E-state index >= 15 is 0 Å². The molecular weight excluding hydrogens is 508 g/mol. The van der Waals surface area contributed by atoms with Crippen molar-refractivity contribution in [2.75, 3.05) is 57.0 Å². The zero-order valence-corrected chi connectivity index (χ0v) is 24.2. The number of amides is 1. The summed E-state index contributed by atoms with van der Waals surface area (Å²) in [5.41, 5.74) is 1.99. The standard InChI is InChI=1S/C29H40N8O3/c1-29(2,3)40-25(38)19-35-12-14-36(15-13-35)22-10-11-24(30-18-22)32-28-31-17-20-16-23(27(39)34(4)5)37(26(20)33-28)21-8-6-7-9-21/h10-11,16-18,21H,6-9,12-15,19H2,1-5H3,(H,30,31,32,33). The number of aromatic nitrogens is 4. The number of hydrogen-bond donors (Lipinski definition) is 1. The molecule has 11 nitrogen and oxygen atoms in total. The first-order valence-electron chi connectivity index (χ1n) is 14.1. The lowest BCUT2D eigenvalue weighted by Crippen LogP contribution is -2.48. The van der Waals surface area contributed by atoms with Crippen LogP contribution >= 0.6 is 0 Å². The Morgan fingerprint density at radius 3 is 2.40 bits per heavy atom. The highest BCUT2D eigenvalue weighted by Gasteiger charge is 2.27. The van der Waals surface area contributed by atoms with E-state index in [1.54, 1.807) is 25.2 Å². The lowest BCUT2D eigenvalue weighted by Gasteiger charge is -2.35. The molecule has 2 fully saturated rings. The van der Waals surface area contributed by atoms with E-state index in [4.69, 9.17) is 9.72 Å². The van der Waals surface area contributed by atoms with Gasteiger partial charge in [-0.1, -0.05) is 12.8 Å². The molecule has 1 saturated carbocycles. The molecule has 3 aromatic rings. The van der Waals surface area contributed by atoms with Crippen LogP contribution in [0.25, 0.3) is 11.0 Å². The minimum Gasteiger partial charge on any atom is -0.459 e. The summed E-state index contributed by atoms with van der Waals surface area (Å²) < 4.78 is 7.56. The molecule has 1 amide bonds. The molecule has 0 atom stereocenters. The van der Waals surface area contributed by atoms with Gasteiger partial charge in [0, 0.05) is 57.9 Å².